The molecule has 5 heteroatoms. The van der Waals surface area contributed by atoms with Crippen LogP contribution in [-0.2, 0) is 9.47 Å². The highest BCUT2D eigenvalue weighted by Gasteiger charge is 2.32. The van der Waals surface area contributed by atoms with Crippen LogP contribution in [0, 0.1) is 5.92 Å². The smallest absolute Gasteiger partial charge is 0.410 e. The van der Waals surface area contributed by atoms with Gasteiger partial charge >= 0.3 is 6.09 Å². The van der Waals surface area contributed by atoms with Crippen LogP contribution >= 0.6 is 0 Å². The average Bonchev–Trinajstić information content (AvgIpc) is 3.04. The Balaban J connectivity index is 1.80. The van der Waals surface area contributed by atoms with Crippen molar-refractivity contribution >= 4 is 6.09 Å². The van der Waals surface area contributed by atoms with Crippen molar-refractivity contribution in [2.75, 3.05) is 26.3 Å². The largest absolute Gasteiger partial charge is 0.444 e. The van der Waals surface area contributed by atoms with Gasteiger partial charge in [-0.1, -0.05) is 0 Å². The van der Waals surface area contributed by atoms with Crippen LogP contribution < -0.4 is 5.32 Å². The van der Waals surface area contributed by atoms with Gasteiger partial charge < -0.3 is 19.7 Å². The van der Waals surface area contributed by atoms with Gasteiger partial charge in [0.05, 0.1) is 6.61 Å². The summed E-state index contributed by atoms with van der Waals surface area (Å²) >= 11 is 0. The summed E-state index contributed by atoms with van der Waals surface area (Å²) in [6, 6.07) is 0.693. The maximum atomic E-state index is 12.2. The van der Waals surface area contributed by atoms with Crippen LogP contribution in [0.3, 0.4) is 0 Å². The minimum absolute atomic E-state index is 0.177. The van der Waals surface area contributed by atoms with E-state index in [0.717, 1.165) is 45.6 Å². The molecule has 122 valence electrons. The zero-order valence-electron chi connectivity index (χ0n) is 13.9. The van der Waals surface area contributed by atoms with Crippen LogP contribution in [0.2, 0.25) is 0 Å². The minimum atomic E-state index is -0.424. The molecule has 0 aromatic rings. The van der Waals surface area contributed by atoms with Crippen LogP contribution in [0.15, 0.2) is 0 Å². The second-order valence-electron chi connectivity index (χ2n) is 7.29. The van der Waals surface area contributed by atoms with Crippen molar-refractivity contribution in [3.05, 3.63) is 0 Å². The topological polar surface area (TPSA) is 50.8 Å². The van der Waals surface area contributed by atoms with E-state index in [1.165, 1.54) is 0 Å². The predicted molar refractivity (Wildman–Crippen MR) is 82.4 cm³/mol. The highest BCUT2D eigenvalue weighted by atomic mass is 16.6. The number of hydrogen-bond acceptors (Lipinski definition) is 4. The number of rotatable bonds is 4. The first kappa shape index (κ1) is 16.6. The van der Waals surface area contributed by atoms with Crippen LogP contribution in [0.4, 0.5) is 4.79 Å². The second-order valence-corrected chi connectivity index (χ2v) is 7.29. The van der Waals surface area contributed by atoms with Gasteiger partial charge in [-0.15, -0.1) is 0 Å². The lowest BCUT2D eigenvalue weighted by atomic mass is 10.0. The second kappa shape index (κ2) is 6.97. The third-order valence-electron chi connectivity index (χ3n) is 4.35. The molecule has 21 heavy (non-hydrogen) atoms. The number of carbonyl (C=O) groups excluding carboxylic acids is 1. The Bertz CT molecular complexity index is 348. The number of amides is 1. The van der Waals surface area contributed by atoms with Gasteiger partial charge in [-0.3, -0.25) is 0 Å². The number of ether oxygens (including phenoxy) is 2. The maximum absolute atomic E-state index is 12.2. The minimum Gasteiger partial charge on any atom is -0.444 e. The van der Waals surface area contributed by atoms with Crippen molar-refractivity contribution in [2.45, 2.75) is 64.6 Å². The van der Waals surface area contributed by atoms with Crippen molar-refractivity contribution in [3.63, 3.8) is 0 Å². The highest BCUT2D eigenvalue weighted by molar-refractivity contribution is 5.69. The van der Waals surface area contributed by atoms with Crippen molar-refractivity contribution < 1.29 is 14.3 Å². The molecular formula is C16H30N2O3. The van der Waals surface area contributed by atoms with E-state index in [-0.39, 0.29) is 12.1 Å². The number of carbonyl (C=O) groups is 1. The van der Waals surface area contributed by atoms with E-state index in [1.807, 2.05) is 25.7 Å². The van der Waals surface area contributed by atoms with E-state index in [0.29, 0.717) is 12.0 Å². The van der Waals surface area contributed by atoms with Gasteiger partial charge in [-0.2, -0.15) is 0 Å². The molecular weight excluding hydrogens is 268 g/mol. The molecule has 0 aromatic carbocycles. The van der Waals surface area contributed by atoms with Gasteiger partial charge in [-0.25, -0.2) is 4.79 Å². The Hall–Kier alpha value is -0.810. The Labute approximate surface area is 128 Å². The third kappa shape index (κ3) is 4.85. The lowest BCUT2D eigenvalue weighted by molar-refractivity contribution is 0.0223. The SMILES string of the molecule is CC(NCC1CCCN1C(=O)OC(C)(C)C)C1CCOC1. The van der Waals surface area contributed by atoms with Crippen LogP contribution in [0.1, 0.15) is 47.0 Å². The summed E-state index contributed by atoms with van der Waals surface area (Å²) in [5.41, 5.74) is -0.424. The maximum Gasteiger partial charge on any atom is 0.410 e. The van der Waals surface area contributed by atoms with Gasteiger partial charge in [0.2, 0.25) is 0 Å². The zero-order valence-corrected chi connectivity index (χ0v) is 13.9. The molecule has 1 amide bonds. The molecule has 2 aliphatic rings. The van der Waals surface area contributed by atoms with E-state index >= 15 is 0 Å². The first-order valence-corrected chi connectivity index (χ1v) is 8.17. The van der Waals surface area contributed by atoms with Crippen molar-refractivity contribution in [3.8, 4) is 0 Å². The van der Waals surface area contributed by atoms with Gasteiger partial charge in [0.15, 0.2) is 0 Å². The number of likely N-dealkylation sites (tertiary alicyclic amines) is 1. The summed E-state index contributed by atoms with van der Waals surface area (Å²) in [6.07, 6.45) is 3.07. The van der Waals surface area contributed by atoms with E-state index < -0.39 is 5.60 Å². The van der Waals surface area contributed by atoms with E-state index in [9.17, 15) is 4.79 Å². The van der Waals surface area contributed by atoms with E-state index in [1.54, 1.807) is 0 Å². The van der Waals surface area contributed by atoms with Crippen molar-refractivity contribution in [2.24, 2.45) is 5.92 Å². The monoisotopic (exact) mass is 298 g/mol. The lowest BCUT2D eigenvalue weighted by Gasteiger charge is -2.30. The highest BCUT2D eigenvalue weighted by Crippen LogP contribution is 2.21. The quantitative estimate of drug-likeness (QED) is 0.866. The number of nitrogens with zero attached hydrogens (tertiary/aromatic N) is 1. The molecule has 0 spiro atoms. The molecule has 2 saturated heterocycles. The first-order valence-electron chi connectivity index (χ1n) is 8.17. The average molecular weight is 298 g/mol. The predicted octanol–water partition coefficient (Wildman–Crippen LogP) is 2.40. The molecule has 1 N–H and O–H groups in total. The van der Waals surface area contributed by atoms with Crippen LogP contribution in [0.5, 0.6) is 0 Å². The normalized spacial score (nSPS) is 27.9. The Kier molecular flexibility index (Phi) is 5.49. The summed E-state index contributed by atoms with van der Waals surface area (Å²) in [4.78, 5) is 14.1. The third-order valence-corrected chi connectivity index (χ3v) is 4.35. The van der Waals surface area contributed by atoms with Gasteiger partial charge in [0, 0.05) is 31.8 Å². The molecule has 2 fully saturated rings. The number of nitrogens with one attached hydrogen (secondary N) is 1. The van der Waals surface area contributed by atoms with Crippen molar-refractivity contribution in [1.82, 2.24) is 10.2 Å². The fraction of sp³-hybridized carbons (Fsp3) is 0.938. The van der Waals surface area contributed by atoms with Crippen molar-refractivity contribution in [1.29, 1.82) is 0 Å². The zero-order chi connectivity index (χ0) is 15.5. The Morgan fingerprint density at radius 3 is 2.81 bits per heavy atom. The van der Waals surface area contributed by atoms with Crippen LogP contribution in [0.25, 0.3) is 0 Å². The molecule has 2 heterocycles. The van der Waals surface area contributed by atoms with E-state index in [4.69, 9.17) is 9.47 Å². The fourth-order valence-electron chi connectivity index (χ4n) is 3.04. The standard InChI is InChI=1S/C16H30N2O3/c1-12(13-7-9-20-11-13)17-10-14-6-5-8-18(14)15(19)21-16(2,3)4/h12-14,17H,5-11H2,1-4H3. The summed E-state index contributed by atoms with van der Waals surface area (Å²) in [6.45, 7) is 11.3. The summed E-state index contributed by atoms with van der Waals surface area (Å²) in [5.74, 6) is 0.598. The molecule has 2 rings (SSSR count). The summed E-state index contributed by atoms with van der Waals surface area (Å²) < 4.78 is 10.9. The first-order chi connectivity index (χ1) is 9.87. The Morgan fingerprint density at radius 2 is 2.19 bits per heavy atom. The molecule has 0 aromatic heterocycles. The van der Waals surface area contributed by atoms with Crippen LogP contribution in [-0.4, -0.2) is 55.0 Å². The molecule has 5 nitrogen and oxygen atoms in total. The molecule has 0 radical (unpaired) electrons. The fourth-order valence-corrected chi connectivity index (χ4v) is 3.04. The summed E-state index contributed by atoms with van der Waals surface area (Å²) in [7, 11) is 0. The number of hydrogen-bond donors (Lipinski definition) is 1. The van der Waals surface area contributed by atoms with Gasteiger partial charge in [-0.05, 0) is 52.9 Å². The lowest BCUT2D eigenvalue weighted by Crippen LogP contribution is -2.46. The van der Waals surface area contributed by atoms with Gasteiger partial charge in [0.1, 0.15) is 5.60 Å². The molecule has 3 atom stereocenters. The molecule has 0 saturated carbocycles. The molecule has 0 bridgehead atoms. The summed E-state index contributed by atoms with van der Waals surface area (Å²) in [5, 5.41) is 3.58. The molecule has 2 aliphatic heterocycles. The molecule has 0 aliphatic carbocycles. The van der Waals surface area contributed by atoms with E-state index in [2.05, 4.69) is 12.2 Å². The van der Waals surface area contributed by atoms with Gasteiger partial charge in [0.25, 0.3) is 0 Å². The Morgan fingerprint density at radius 1 is 1.43 bits per heavy atom. The molecule has 3 unspecified atom stereocenters.